The SMILES string of the molecule is CCOc1ccc2nc(N3C(=O)c4oc5ccc(F)cc5c(=O)c4C34C(=O)N(CC)c3ccccc34)sc2c1. The Morgan fingerprint density at radius 2 is 1.87 bits per heavy atom. The monoisotopic (exact) mass is 541 g/mol. The van der Waals surface area contributed by atoms with Gasteiger partial charge in [0.1, 0.15) is 17.1 Å². The molecule has 1 spiro atoms. The zero-order chi connectivity index (χ0) is 27.1. The molecule has 2 aromatic heterocycles. The summed E-state index contributed by atoms with van der Waals surface area (Å²) in [5.74, 6) is -1.38. The Morgan fingerprint density at radius 3 is 2.67 bits per heavy atom. The van der Waals surface area contributed by atoms with E-state index in [2.05, 4.69) is 0 Å². The lowest BCUT2D eigenvalue weighted by molar-refractivity contribution is -0.121. The van der Waals surface area contributed by atoms with Crippen LogP contribution in [0.1, 0.15) is 35.5 Å². The van der Waals surface area contributed by atoms with Crippen molar-refractivity contribution in [1.82, 2.24) is 4.98 Å². The van der Waals surface area contributed by atoms with Gasteiger partial charge >= 0.3 is 0 Å². The maximum atomic E-state index is 14.5. The summed E-state index contributed by atoms with van der Waals surface area (Å²) in [7, 11) is 0. The number of amides is 2. The highest BCUT2D eigenvalue weighted by molar-refractivity contribution is 7.22. The first kappa shape index (κ1) is 23.5. The van der Waals surface area contributed by atoms with Gasteiger partial charge in [0.2, 0.25) is 5.76 Å². The van der Waals surface area contributed by atoms with Crippen molar-refractivity contribution in [3.8, 4) is 5.75 Å². The van der Waals surface area contributed by atoms with Crippen LogP contribution in [0.4, 0.5) is 15.2 Å². The van der Waals surface area contributed by atoms with Crippen LogP contribution in [0, 0.1) is 5.82 Å². The first-order valence-corrected chi connectivity index (χ1v) is 13.3. The van der Waals surface area contributed by atoms with Crippen LogP contribution in [0.3, 0.4) is 0 Å². The number of carbonyl (C=O) groups is 2. The molecule has 8 nitrogen and oxygen atoms in total. The van der Waals surface area contributed by atoms with E-state index < -0.39 is 28.6 Å². The molecule has 2 aliphatic heterocycles. The van der Waals surface area contributed by atoms with Gasteiger partial charge in [-0.1, -0.05) is 29.5 Å². The highest BCUT2D eigenvalue weighted by Gasteiger charge is 2.66. The largest absolute Gasteiger partial charge is 0.494 e. The lowest BCUT2D eigenvalue weighted by atomic mass is 9.84. The Hall–Kier alpha value is -4.57. The fourth-order valence-electron chi connectivity index (χ4n) is 5.69. The minimum Gasteiger partial charge on any atom is -0.494 e. The molecule has 2 aliphatic rings. The molecule has 0 N–H and O–H groups in total. The Balaban J connectivity index is 1.58. The van der Waals surface area contributed by atoms with Gasteiger partial charge in [-0.05, 0) is 56.3 Å². The van der Waals surface area contributed by atoms with Crippen LogP contribution in [0.25, 0.3) is 21.2 Å². The smallest absolute Gasteiger partial charge is 0.297 e. The summed E-state index contributed by atoms with van der Waals surface area (Å²) in [6.07, 6.45) is 0. The molecular weight excluding hydrogens is 521 g/mol. The first-order valence-electron chi connectivity index (χ1n) is 12.5. The lowest BCUT2D eigenvalue weighted by Crippen LogP contribution is -2.53. The quantitative estimate of drug-likeness (QED) is 0.310. The topological polar surface area (TPSA) is 93.0 Å². The van der Waals surface area contributed by atoms with Crippen molar-refractivity contribution in [3.05, 3.63) is 93.6 Å². The van der Waals surface area contributed by atoms with Gasteiger partial charge in [0.15, 0.2) is 16.1 Å². The van der Waals surface area contributed by atoms with Gasteiger partial charge in [0, 0.05) is 12.1 Å². The summed E-state index contributed by atoms with van der Waals surface area (Å²) < 4.78 is 26.6. The molecule has 0 bridgehead atoms. The zero-order valence-electron chi connectivity index (χ0n) is 20.9. The van der Waals surface area contributed by atoms with Crippen LogP contribution in [-0.2, 0) is 10.3 Å². The molecule has 194 valence electrons. The van der Waals surface area contributed by atoms with Gasteiger partial charge in [-0.15, -0.1) is 0 Å². The summed E-state index contributed by atoms with van der Waals surface area (Å²) in [6.45, 7) is 4.50. The molecule has 1 unspecified atom stereocenters. The second-order valence-electron chi connectivity index (χ2n) is 9.25. The summed E-state index contributed by atoms with van der Waals surface area (Å²) >= 11 is 1.21. The van der Waals surface area contributed by atoms with Crippen molar-refractivity contribution in [1.29, 1.82) is 0 Å². The maximum Gasteiger partial charge on any atom is 0.297 e. The third-order valence-corrected chi connectivity index (χ3v) is 8.26. The van der Waals surface area contributed by atoms with Crippen LogP contribution < -0.4 is 20.0 Å². The number of thiazole rings is 1. The maximum absolute atomic E-state index is 14.5. The van der Waals surface area contributed by atoms with Gasteiger partial charge in [0.05, 0.1) is 33.5 Å². The van der Waals surface area contributed by atoms with E-state index in [0.29, 0.717) is 35.7 Å². The number of aromatic nitrogens is 1. The van der Waals surface area contributed by atoms with Gasteiger partial charge in [-0.3, -0.25) is 19.3 Å². The summed E-state index contributed by atoms with van der Waals surface area (Å²) in [4.78, 5) is 50.3. The molecule has 10 heteroatoms. The van der Waals surface area contributed by atoms with Crippen molar-refractivity contribution < 1.29 is 23.1 Å². The molecule has 1 atom stereocenters. The van der Waals surface area contributed by atoms with Crippen molar-refractivity contribution in [2.75, 3.05) is 23.0 Å². The number of rotatable bonds is 4. The minimum absolute atomic E-state index is 0.0475. The third-order valence-electron chi connectivity index (χ3n) is 7.25. The van der Waals surface area contributed by atoms with Crippen molar-refractivity contribution in [2.24, 2.45) is 0 Å². The van der Waals surface area contributed by atoms with Crippen LogP contribution in [0.15, 0.2) is 69.9 Å². The molecule has 3 aromatic carbocycles. The number of fused-ring (bicyclic) bond motifs is 6. The summed E-state index contributed by atoms with van der Waals surface area (Å²) in [5.41, 5.74) is -0.931. The first-order chi connectivity index (χ1) is 18.9. The minimum atomic E-state index is -1.86. The molecule has 5 aromatic rings. The number of nitrogens with zero attached hydrogens (tertiary/aromatic N) is 3. The molecule has 0 saturated carbocycles. The highest BCUT2D eigenvalue weighted by Crippen LogP contribution is 2.54. The molecule has 39 heavy (non-hydrogen) atoms. The average Bonchev–Trinajstić information content (AvgIpc) is 3.54. The normalized spacial score (nSPS) is 18.0. The van der Waals surface area contributed by atoms with E-state index in [1.165, 1.54) is 22.3 Å². The molecule has 0 fully saturated rings. The fourth-order valence-corrected chi connectivity index (χ4v) is 6.74. The standard InChI is InChI=1S/C29H20FN3O5S/c1-3-32-20-8-6-5-7-18(20)29(27(32)36)23-24(34)17-13-15(30)9-12-21(17)38-25(23)26(35)33(29)28-31-19-11-10-16(37-4-2)14-22(19)39-28/h5-14H,3-4H2,1-2H3. The Morgan fingerprint density at radius 1 is 1.05 bits per heavy atom. The van der Waals surface area contributed by atoms with Gasteiger partial charge in [-0.25, -0.2) is 9.37 Å². The number of hydrogen-bond donors (Lipinski definition) is 0. The Kier molecular flexibility index (Phi) is 4.96. The zero-order valence-corrected chi connectivity index (χ0v) is 21.7. The number of ether oxygens (including phenoxy) is 1. The molecule has 0 radical (unpaired) electrons. The van der Waals surface area contributed by atoms with Crippen molar-refractivity contribution in [2.45, 2.75) is 19.4 Å². The average molecular weight is 542 g/mol. The number of anilines is 2. The van der Waals surface area contributed by atoms with E-state index in [0.717, 1.165) is 16.8 Å². The van der Waals surface area contributed by atoms with E-state index in [-0.39, 0.29) is 27.4 Å². The predicted octanol–water partition coefficient (Wildman–Crippen LogP) is 5.21. The van der Waals surface area contributed by atoms with E-state index in [1.54, 1.807) is 41.3 Å². The van der Waals surface area contributed by atoms with E-state index >= 15 is 0 Å². The molecule has 4 heterocycles. The summed E-state index contributed by atoms with van der Waals surface area (Å²) in [5, 5.41) is 0.180. The lowest BCUT2D eigenvalue weighted by Gasteiger charge is -2.32. The Bertz CT molecular complexity index is 1930. The van der Waals surface area contributed by atoms with Gasteiger partial charge < -0.3 is 14.1 Å². The number of benzene rings is 3. The van der Waals surface area contributed by atoms with Gasteiger partial charge in [0.25, 0.3) is 11.8 Å². The predicted molar refractivity (Wildman–Crippen MR) is 145 cm³/mol. The fraction of sp³-hybridized carbons (Fsp3) is 0.172. The molecular formula is C29H20FN3O5S. The van der Waals surface area contributed by atoms with E-state index in [1.807, 2.05) is 19.9 Å². The van der Waals surface area contributed by atoms with Crippen molar-refractivity contribution in [3.63, 3.8) is 0 Å². The number of halogens is 1. The van der Waals surface area contributed by atoms with Crippen LogP contribution in [0.5, 0.6) is 5.75 Å². The van der Waals surface area contributed by atoms with Crippen molar-refractivity contribution >= 4 is 55.2 Å². The van der Waals surface area contributed by atoms with Gasteiger partial charge in [-0.2, -0.15) is 0 Å². The Labute approximate surface area is 224 Å². The van der Waals surface area contributed by atoms with E-state index in [9.17, 15) is 18.8 Å². The van der Waals surface area contributed by atoms with Crippen LogP contribution >= 0.6 is 11.3 Å². The second kappa shape index (κ2) is 8.21. The highest BCUT2D eigenvalue weighted by atomic mass is 32.1. The molecule has 7 rings (SSSR count). The third kappa shape index (κ3) is 2.97. The van der Waals surface area contributed by atoms with E-state index in [4.69, 9.17) is 14.1 Å². The number of likely N-dealkylation sites (N-methyl/N-ethyl adjacent to an activating group) is 1. The second-order valence-corrected chi connectivity index (χ2v) is 10.3. The van der Waals surface area contributed by atoms with Crippen LogP contribution in [0.2, 0.25) is 0 Å². The summed E-state index contributed by atoms with van der Waals surface area (Å²) in [6, 6.07) is 16.0. The number of hydrogen-bond acceptors (Lipinski definition) is 7. The molecule has 0 aliphatic carbocycles. The number of carbonyl (C=O) groups excluding carboxylic acids is 2. The van der Waals surface area contributed by atoms with Crippen LogP contribution in [-0.4, -0.2) is 29.9 Å². The molecule has 0 saturated heterocycles. The number of para-hydroxylation sites is 1. The molecule has 2 amide bonds.